The largest absolute Gasteiger partial charge is 0.272 e. The van der Waals surface area contributed by atoms with Gasteiger partial charge in [-0.2, -0.15) is 10.1 Å². The van der Waals surface area contributed by atoms with Crippen molar-refractivity contribution in [3.05, 3.63) is 18.6 Å². The van der Waals surface area contributed by atoms with Crippen molar-refractivity contribution in [2.45, 2.75) is 20.3 Å². The minimum atomic E-state index is -0.134. The zero-order chi connectivity index (χ0) is 10.8. The van der Waals surface area contributed by atoms with Gasteiger partial charge in [0.25, 0.3) is 5.91 Å². The Hall–Kier alpha value is -1.78. The SMILES string of the molecule is CCC1=NN(c2ccncn2)C(=O)C1C. The molecule has 1 aromatic rings. The second-order valence-corrected chi connectivity index (χ2v) is 3.38. The van der Waals surface area contributed by atoms with Crippen LogP contribution in [0.5, 0.6) is 0 Å². The van der Waals surface area contributed by atoms with Crippen molar-refractivity contribution in [2.75, 3.05) is 5.01 Å². The molecule has 78 valence electrons. The number of anilines is 1. The van der Waals surface area contributed by atoms with Gasteiger partial charge in [0, 0.05) is 12.3 Å². The molecule has 0 saturated carbocycles. The molecule has 0 radical (unpaired) electrons. The van der Waals surface area contributed by atoms with Gasteiger partial charge in [-0.3, -0.25) is 4.79 Å². The Morgan fingerprint density at radius 2 is 2.33 bits per heavy atom. The number of amides is 1. The average Bonchev–Trinajstić information content (AvgIpc) is 2.57. The minimum Gasteiger partial charge on any atom is -0.272 e. The molecule has 0 spiro atoms. The topological polar surface area (TPSA) is 58.5 Å². The van der Waals surface area contributed by atoms with Crippen LogP contribution in [0, 0.1) is 5.92 Å². The quantitative estimate of drug-likeness (QED) is 0.727. The van der Waals surface area contributed by atoms with Gasteiger partial charge >= 0.3 is 0 Å². The molecule has 1 unspecified atom stereocenters. The van der Waals surface area contributed by atoms with E-state index in [2.05, 4.69) is 15.1 Å². The van der Waals surface area contributed by atoms with Crippen molar-refractivity contribution in [1.29, 1.82) is 0 Å². The van der Waals surface area contributed by atoms with Gasteiger partial charge < -0.3 is 0 Å². The van der Waals surface area contributed by atoms with Crippen LogP contribution in [-0.2, 0) is 4.79 Å². The smallest absolute Gasteiger partial charge is 0.257 e. The Morgan fingerprint density at radius 1 is 1.53 bits per heavy atom. The molecule has 0 N–H and O–H groups in total. The summed E-state index contributed by atoms with van der Waals surface area (Å²) in [6.45, 7) is 3.86. The predicted octanol–water partition coefficient (Wildman–Crippen LogP) is 1.23. The highest BCUT2D eigenvalue weighted by atomic mass is 16.2. The average molecular weight is 204 g/mol. The number of aromatic nitrogens is 2. The Bertz CT molecular complexity index is 401. The summed E-state index contributed by atoms with van der Waals surface area (Å²) in [5.74, 6) is 0.376. The lowest BCUT2D eigenvalue weighted by molar-refractivity contribution is -0.119. The fourth-order valence-electron chi connectivity index (χ4n) is 1.54. The lowest BCUT2D eigenvalue weighted by atomic mass is 10.0. The fraction of sp³-hybridized carbons (Fsp3) is 0.400. The summed E-state index contributed by atoms with van der Waals surface area (Å²) in [6, 6.07) is 1.67. The lowest BCUT2D eigenvalue weighted by Crippen LogP contribution is -2.26. The van der Waals surface area contributed by atoms with Gasteiger partial charge in [-0.1, -0.05) is 6.92 Å². The molecule has 15 heavy (non-hydrogen) atoms. The number of hydrogen-bond donors (Lipinski definition) is 0. The zero-order valence-corrected chi connectivity index (χ0v) is 8.71. The molecule has 2 rings (SSSR count). The molecule has 5 nitrogen and oxygen atoms in total. The lowest BCUT2D eigenvalue weighted by Gasteiger charge is -2.10. The third-order valence-corrected chi connectivity index (χ3v) is 2.45. The van der Waals surface area contributed by atoms with E-state index in [1.54, 1.807) is 12.3 Å². The summed E-state index contributed by atoms with van der Waals surface area (Å²) in [5, 5.41) is 5.60. The van der Waals surface area contributed by atoms with Crippen LogP contribution in [0.4, 0.5) is 5.82 Å². The maximum Gasteiger partial charge on any atom is 0.257 e. The van der Waals surface area contributed by atoms with E-state index in [-0.39, 0.29) is 11.8 Å². The van der Waals surface area contributed by atoms with Crippen molar-refractivity contribution in [3.63, 3.8) is 0 Å². The number of hydrogen-bond acceptors (Lipinski definition) is 4. The first-order chi connectivity index (χ1) is 7.24. The standard InChI is InChI=1S/C10H12N4O/c1-3-8-7(2)10(15)14(13-8)9-4-5-11-6-12-9/h4-7H,3H2,1-2H3. The zero-order valence-electron chi connectivity index (χ0n) is 8.71. The molecule has 0 fully saturated rings. The molecule has 1 aliphatic heterocycles. The summed E-state index contributed by atoms with van der Waals surface area (Å²) in [4.78, 5) is 19.6. The second kappa shape index (κ2) is 3.76. The van der Waals surface area contributed by atoms with E-state index in [0.717, 1.165) is 12.1 Å². The van der Waals surface area contributed by atoms with E-state index in [1.165, 1.54) is 11.3 Å². The molecule has 5 heteroatoms. The third kappa shape index (κ3) is 1.60. The maximum atomic E-state index is 11.8. The molecule has 0 aliphatic carbocycles. The van der Waals surface area contributed by atoms with Gasteiger partial charge in [0.2, 0.25) is 0 Å². The van der Waals surface area contributed by atoms with Crippen molar-refractivity contribution < 1.29 is 4.79 Å². The van der Waals surface area contributed by atoms with E-state index in [9.17, 15) is 4.79 Å². The van der Waals surface area contributed by atoms with Crippen LogP contribution < -0.4 is 5.01 Å². The fourth-order valence-corrected chi connectivity index (χ4v) is 1.54. The predicted molar refractivity (Wildman–Crippen MR) is 56.4 cm³/mol. The van der Waals surface area contributed by atoms with Crippen LogP contribution in [0.1, 0.15) is 20.3 Å². The maximum absolute atomic E-state index is 11.8. The Labute approximate surface area is 87.8 Å². The Balaban J connectivity index is 2.33. The summed E-state index contributed by atoms with van der Waals surface area (Å²) >= 11 is 0. The van der Waals surface area contributed by atoms with E-state index < -0.39 is 0 Å². The normalized spacial score (nSPS) is 20.7. The van der Waals surface area contributed by atoms with Crippen molar-refractivity contribution in [1.82, 2.24) is 9.97 Å². The van der Waals surface area contributed by atoms with E-state index in [1.807, 2.05) is 13.8 Å². The Morgan fingerprint density at radius 3 is 2.87 bits per heavy atom. The number of rotatable bonds is 2. The van der Waals surface area contributed by atoms with E-state index >= 15 is 0 Å². The number of carbonyl (C=O) groups excluding carboxylic acids is 1. The third-order valence-electron chi connectivity index (χ3n) is 2.45. The molecule has 1 atom stereocenters. The van der Waals surface area contributed by atoms with Gasteiger partial charge in [-0.25, -0.2) is 9.97 Å². The van der Waals surface area contributed by atoms with Gasteiger partial charge in [-0.05, 0) is 13.3 Å². The van der Waals surface area contributed by atoms with E-state index in [0.29, 0.717) is 5.82 Å². The van der Waals surface area contributed by atoms with Crippen molar-refractivity contribution in [2.24, 2.45) is 11.0 Å². The minimum absolute atomic E-state index is 0.0226. The highest BCUT2D eigenvalue weighted by Crippen LogP contribution is 2.22. The van der Waals surface area contributed by atoms with Gasteiger partial charge in [-0.15, -0.1) is 0 Å². The van der Waals surface area contributed by atoms with E-state index in [4.69, 9.17) is 0 Å². The first-order valence-corrected chi connectivity index (χ1v) is 4.91. The van der Waals surface area contributed by atoms with Crippen LogP contribution in [0.2, 0.25) is 0 Å². The Kier molecular flexibility index (Phi) is 2.45. The van der Waals surface area contributed by atoms with Crippen LogP contribution in [0.3, 0.4) is 0 Å². The monoisotopic (exact) mass is 204 g/mol. The number of carbonyl (C=O) groups is 1. The molecule has 0 bridgehead atoms. The summed E-state index contributed by atoms with van der Waals surface area (Å²) in [7, 11) is 0. The molecule has 0 saturated heterocycles. The van der Waals surface area contributed by atoms with Crippen LogP contribution >= 0.6 is 0 Å². The summed E-state index contributed by atoms with van der Waals surface area (Å²) in [5.41, 5.74) is 0.901. The van der Waals surface area contributed by atoms with Gasteiger partial charge in [0.15, 0.2) is 5.82 Å². The van der Waals surface area contributed by atoms with Crippen molar-refractivity contribution >= 4 is 17.4 Å². The number of hydrazone groups is 1. The van der Waals surface area contributed by atoms with Gasteiger partial charge in [0.05, 0.1) is 11.6 Å². The molecular weight excluding hydrogens is 192 g/mol. The highest BCUT2D eigenvalue weighted by Gasteiger charge is 2.32. The number of nitrogens with zero attached hydrogens (tertiary/aromatic N) is 4. The first kappa shape index (κ1) is 9.76. The first-order valence-electron chi connectivity index (χ1n) is 4.91. The summed E-state index contributed by atoms with van der Waals surface area (Å²) in [6.07, 6.45) is 3.79. The van der Waals surface area contributed by atoms with Gasteiger partial charge in [0.1, 0.15) is 6.33 Å². The molecule has 2 heterocycles. The molecule has 1 aromatic heterocycles. The second-order valence-electron chi connectivity index (χ2n) is 3.38. The molecule has 1 aliphatic rings. The summed E-state index contributed by atoms with van der Waals surface area (Å²) < 4.78 is 0. The molecular formula is C10H12N4O. The van der Waals surface area contributed by atoms with Crippen LogP contribution in [0.25, 0.3) is 0 Å². The van der Waals surface area contributed by atoms with Crippen LogP contribution in [-0.4, -0.2) is 21.6 Å². The molecule has 0 aromatic carbocycles. The molecule has 1 amide bonds. The van der Waals surface area contributed by atoms with Crippen LogP contribution in [0.15, 0.2) is 23.7 Å². The highest BCUT2D eigenvalue weighted by molar-refractivity contribution is 6.14. The van der Waals surface area contributed by atoms with Crippen molar-refractivity contribution in [3.8, 4) is 0 Å².